The number of hydrogen-bond donors (Lipinski definition) is 1. The topological polar surface area (TPSA) is 48.4 Å². The zero-order valence-electron chi connectivity index (χ0n) is 7.72. The highest BCUT2D eigenvalue weighted by atomic mass is 19.3. The second-order valence-electron chi connectivity index (χ2n) is 3.56. The van der Waals surface area contributed by atoms with Gasteiger partial charge in [0, 0.05) is 19.1 Å². The minimum absolute atomic E-state index is 0.143. The lowest BCUT2D eigenvalue weighted by atomic mass is 10.1. The van der Waals surface area contributed by atoms with Gasteiger partial charge in [-0.15, -0.1) is 0 Å². The van der Waals surface area contributed by atoms with Crippen LogP contribution in [-0.2, 0) is 16.9 Å². The van der Waals surface area contributed by atoms with Crippen molar-refractivity contribution in [3.63, 3.8) is 0 Å². The van der Waals surface area contributed by atoms with Crippen molar-refractivity contribution < 1.29 is 17.9 Å². The number of ether oxygens (including phenoxy) is 1. The van der Waals surface area contributed by atoms with Crippen LogP contribution in [-0.4, -0.2) is 13.0 Å². The van der Waals surface area contributed by atoms with E-state index in [4.69, 9.17) is 14.9 Å². The van der Waals surface area contributed by atoms with Gasteiger partial charge in [0.2, 0.25) is 0 Å². The first-order valence-electron chi connectivity index (χ1n) is 4.24. The molecule has 0 spiro atoms. The largest absolute Gasteiger partial charge is 0.467 e. The summed E-state index contributed by atoms with van der Waals surface area (Å²) in [5, 5.41) is 0. The molecule has 1 fully saturated rings. The van der Waals surface area contributed by atoms with E-state index in [-0.39, 0.29) is 18.8 Å². The van der Waals surface area contributed by atoms with E-state index >= 15 is 0 Å². The third-order valence-electron chi connectivity index (χ3n) is 2.48. The molecular formula is C9H11F2NO2. The van der Waals surface area contributed by atoms with E-state index in [0.717, 1.165) is 0 Å². The first kappa shape index (κ1) is 9.61. The van der Waals surface area contributed by atoms with Gasteiger partial charge in [-0.1, -0.05) is 0 Å². The molecule has 3 nitrogen and oxygen atoms in total. The Morgan fingerprint density at radius 3 is 2.79 bits per heavy atom. The first-order chi connectivity index (χ1) is 6.51. The quantitative estimate of drug-likeness (QED) is 0.812. The summed E-state index contributed by atoms with van der Waals surface area (Å²) in [6, 6.07) is 1.60. The molecule has 1 unspecified atom stereocenters. The van der Waals surface area contributed by atoms with Crippen molar-refractivity contribution in [1.29, 1.82) is 0 Å². The Bertz CT molecular complexity index is 350. The number of halogens is 2. The van der Waals surface area contributed by atoms with Crippen LogP contribution >= 0.6 is 0 Å². The van der Waals surface area contributed by atoms with Crippen LogP contribution in [0.2, 0.25) is 0 Å². The molecule has 0 amide bonds. The minimum Gasteiger partial charge on any atom is -0.467 e. The second kappa shape index (κ2) is 2.77. The van der Waals surface area contributed by atoms with Gasteiger partial charge in [0.05, 0.1) is 12.9 Å². The van der Waals surface area contributed by atoms with Crippen molar-refractivity contribution in [1.82, 2.24) is 0 Å². The molecule has 0 bridgehead atoms. The van der Waals surface area contributed by atoms with Gasteiger partial charge in [-0.3, -0.25) is 0 Å². The van der Waals surface area contributed by atoms with Crippen LogP contribution in [0.25, 0.3) is 0 Å². The highest BCUT2D eigenvalue weighted by Gasteiger charge is 2.72. The number of furan rings is 1. The Morgan fingerprint density at radius 1 is 1.64 bits per heavy atom. The Labute approximate surface area is 79.8 Å². The molecule has 0 aliphatic heterocycles. The fourth-order valence-electron chi connectivity index (χ4n) is 1.55. The molecule has 5 heteroatoms. The molecule has 78 valence electrons. The lowest BCUT2D eigenvalue weighted by Gasteiger charge is -2.09. The van der Waals surface area contributed by atoms with Crippen molar-refractivity contribution >= 4 is 0 Å². The maximum absolute atomic E-state index is 12.9. The monoisotopic (exact) mass is 203 g/mol. The average molecular weight is 203 g/mol. The molecule has 2 N–H and O–H groups in total. The highest BCUT2D eigenvalue weighted by Crippen LogP contribution is 2.58. The fourth-order valence-corrected chi connectivity index (χ4v) is 1.55. The van der Waals surface area contributed by atoms with Gasteiger partial charge in [0.25, 0.3) is 5.92 Å². The van der Waals surface area contributed by atoms with E-state index in [1.54, 1.807) is 6.07 Å². The smallest absolute Gasteiger partial charge is 0.275 e. The van der Waals surface area contributed by atoms with Gasteiger partial charge in [0.15, 0.2) is 0 Å². The van der Waals surface area contributed by atoms with Gasteiger partial charge >= 0.3 is 0 Å². The zero-order chi connectivity index (χ0) is 10.4. The SMILES string of the molecule is COCc1ccoc1C1(N)CC1(F)F. The molecule has 0 saturated heterocycles. The molecule has 0 radical (unpaired) electrons. The predicted octanol–water partition coefficient (Wildman–Crippen LogP) is 1.62. The van der Waals surface area contributed by atoms with Crippen molar-refractivity contribution in [3.05, 3.63) is 23.7 Å². The lowest BCUT2D eigenvalue weighted by molar-refractivity contribution is 0.0820. The molecule has 1 saturated carbocycles. The summed E-state index contributed by atoms with van der Waals surface area (Å²) in [4.78, 5) is 0. The van der Waals surface area contributed by atoms with Crippen LogP contribution in [0.3, 0.4) is 0 Å². The molecule has 1 heterocycles. The molecule has 1 atom stereocenters. The molecule has 1 aromatic heterocycles. The molecule has 2 rings (SSSR count). The summed E-state index contributed by atoms with van der Waals surface area (Å²) < 4.78 is 35.7. The van der Waals surface area contributed by atoms with Crippen molar-refractivity contribution in [2.45, 2.75) is 24.5 Å². The molecule has 1 aromatic rings. The fraction of sp³-hybridized carbons (Fsp3) is 0.556. The van der Waals surface area contributed by atoms with Gasteiger partial charge in [-0.25, -0.2) is 8.78 Å². The number of rotatable bonds is 3. The van der Waals surface area contributed by atoms with Gasteiger partial charge in [0.1, 0.15) is 11.3 Å². The van der Waals surface area contributed by atoms with E-state index in [0.29, 0.717) is 5.56 Å². The summed E-state index contributed by atoms with van der Waals surface area (Å²) in [6.07, 6.45) is 0.997. The van der Waals surface area contributed by atoms with Crippen LogP contribution in [0.4, 0.5) is 8.78 Å². The van der Waals surface area contributed by atoms with E-state index in [2.05, 4.69) is 0 Å². The standard InChI is InChI=1S/C9H11F2NO2/c1-13-4-6-2-3-14-7(6)8(12)5-9(8,10)11/h2-3H,4-5,12H2,1H3. The summed E-state index contributed by atoms with van der Waals surface area (Å²) in [5.41, 5.74) is 4.49. The molecule has 1 aliphatic rings. The van der Waals surface area contributed by atoms with Crippen LogP contribution < -0.4 is 5.73 Å². The number of alkyl halides is 2. The van der Waals surface area contributed by atoms with E-state index in [1.165, 1.54) is 13.4 Å². The van der Waals surface area contributed by atoms with Crippen molar-refractivity contribution in [2.75, 3.05) is 7.11 Å². The summed E-state index contributed by atoms with van der Waals surface area (Å²) in [5.74, 6) is -2.71. The highest BCUT2D eigenvalue weighted by molar-refractivity contribution is 5.34. The van der Waals surface area contributed by atoms with Gasteiger partial charge in [-0.2, -0.15) is 0 Å². The second-order valence-corrected chi connectivity index (χ2v) is 3.56. The Kier molecular flexibility index (Phi) is 1.90. The van der Waals surface area contributed by atoms with E-state index < -0.39 is 11.5 Å². The maximum atomic E-state index is 12.9. The Morgan fingerprint density at radius 2 is 2.29 bits per heavy atom. The van der Waals surface area contributed by atoms with Crippen molar-refractivity contribution in [2.24, 2.45) is 5.73 Å². The lowest BCUT2D eigenvalue weighted by Crippen LogP contribution is -2.27. The van der Waals surface area contributed by atoms with Crippen molar-refractivity contribution in [3.8, 4) is 0 Å². The summed E-state index contributed by atoms with van der Waals surface area (Å²) in [7, 11) is 1.49. The maximum Gasteiger partial charge on any atom is 0.275 e. The predicted molar refractivity (Wildman–Crippen MR) is 44.9 cm³/mol. The summed E-state index contributed by atoms with van der Waals surface area (Å²) in [6.45, 7) is 0.237. The summed E-state index contributed by atoms with van der Waals surface area (Å²) >= 11 is 0. The molecule has 1 aliphatic carbocycles. The van der Waals surface area contributed by atoms with Crippen LogP contribution in [0.15, 0.2) is 16.7 Å². The third-order valence-corrected chi connectivity index (χ3v) is 2.48. The minimum atomic E-state index is -2.85. The number of hydrogen-bond acceptors (Lipinski definition) is 3. The third kappa shape index (κ3) is 1.16. The average Bonchev–Trinajstić information content (AvgIpc) is 2.50. The molecule has 0 aromatic carbocycles. The van der Waals surface area contributed by atoms with Gasteiger partial charge < -0.3 is 14.9 Å². The van der Waals surface area contributed by atoms with Crippen LogP contribution in [0.1, 0.15) is 17.7 Å². The Balaban J connectivity index is 2.29. The van der Waals surface area contributed by atoms with E-state index in [9.17, 15) is 8.78 Å². The van der Waals surface area contributed by atoms with Crippen LogP contribution in [0.5, 0.6) is 0 Å². The van der Waals surface area contributed by atoms with E-state index in [1.807, 2.05) is 0 Å². The number of methoxy groups -OCH3 is 1. The molecule has 14 heavy (non-hydrogen) atoms. The Hall–Kier alpha value is -0.940. The zero-order valence-corrected chi connectivity index (χ0v) is 7.72. The first-order valence-corrected chi connectivity index (χ1v) is 4.24. The van der Waals surface area contributed by atoms with Gasteiger partial charge in [-0.05, 0) is 6.07 Å². The normalized spacial score (nSPS) is 29.1. The molecular weight excluding hydrogens is 192 g/mol. The van der Waals surface area contributed by atoms with Crippen LogP contribution in [0, 0.1) is 0 Å². The number of nitrogens with two attached hydrogens (primary N) is 1.